The average Bonchev–Trinajstić information content (AvgIpc) is 3.43. The Kier molecular flexibility index (Phi) is 62.7. The lowest BCUT2D eigenvalue weighted by atomic mass is 10.0. The van der Waals surface area contributed by atoms with Crippen molar-refractivity contribution in [3.8, 4) is 0 Å². The van der Waals surface area contributed by atoms with E-state index in [1.54, 1.807) is 0 Å². The predicted octanol–water partition coefficient (Wildman–Crippen LogP) is 22.9. The molecule has 0 aliphatic carbocycles. The van der Waals surface area contributed by atoms with Crippen LogP contribution in [0, 0.1) is 0 Å². The van der Waals surface area contributed by atoms with Crippen molar-refractivity contribution in [1.29, 1.82) is 0 Å². The summed E-state index contributed by atoms with van der Waals surface area (Å²) in [5, 5.41) is 0. The highest BCUT2D eigenvalue weighted by molar-refractivity contribution is 5.71. The van der Waals surface area contributed by atoms with Gasteiger partial charge in [-0.25, -0.2) is 0 Å². The van der Waals surface area contributed by atoms with Gasteiger partial charge in [-0.15, -0.1) is 0 Å². The van der Waals surface area contributed by atoms with Crippen LogP contribution < -0.4 is 0 Å². The Morgan fingerprint density at radius 2 is 0.494 bits per heavy atom. The lowest BCUT2D eigenvalue weighted by Crippen LogP contribution is -2.30. The normalized spacial score (nSPS) is 12.5. The minimum absolute atomic E-state index is 0.0810. The summed E-state index contributed by atoms with van der Waals surface area (Å²) in [7, 11) is 0. The molecule has 6 nitrogen and oxygen atoms in total. The van der Waals surface area contributed by atoms with Crippen molar-refractivity contribution < 1.29 is 28.6 Å². The number of carbonyl (C=O) groups excluding carboxylic acids is 3. The van der Waals surface area contributed by atoms with Crippen molar-refractivity contribution in [2.45, 2.75) is 348 Å². The van der Waals surface area contributed by atoms with Crippen molar-refractivity contribution in [2.75, 3.05) is 13.2 Å². The van der Waals surface area contributed by atoms with Gasteiger partial charge in [-0.1, -0.05) is 286 Å². The lowest BCUT2D eigenvalue weighted by molar-refractivity contribution is -0.167. The van der Waals surface area contributed by atoms with Gasteiger partial charge >= 0.3 is 17.9 Å². The van der Waals surface area contributed by atoms with Gasteiger partial charge < -0.3 is 14.2 Å². The van der Waals surface area contributed by atoms with Gasteiger partial charge in [0.2, 0.25) is 0 Å². The van der Waals surface area contributed by atoms with Crippen LogP contribution >= 0.6 is 0 Å². The molecule has 1 atom stereocenters. The molecule has 0 aliphatic heterocycles. The standard InChI is InChI=1S/C71H126O6/c1-4-7-10-13-16-19-22-24-26-28-29-30-31-32-33-34-35-36-37-38-39-40-41-42-43-44-46-47-49-52-55-58-61-64-70(73)76-67-68(66-75-69(72)63-60-57-54-51-21-18-15-12-9-6-3)77-71(74)65-62-59-56-53-50-48-45-27-25-23-20-17-14-11-8-5-2/h12,15,20,22-24,27-29,31-32,45,68H,4-11,13-14,16-19,21,25-26,30,33-44,46-67H2,1-3H3/b15-12-,23-20-,24-22-,29-28-,32-31-,45-27-. The summed E-state index contributed by atoms with van der Waals surface area (Å²) >= 11 is 0. The first-order valence-corrected chi connectivity index (χ1v) is 33.4. The fourth-order valence-corrected chi connectivity index (χ4v) is 9.60. The molecule has 0 amide bonds. The largest absolute Gasteiger partial charge is 0.462 e. The van der Waals surface area contributed by atoms with E-state index in [1.165, 1.54) is 193 Å². The van der Waals surface area contributed by atoms with Crippen molar-refractivity contribution >= 4 is 17.9 Å². The van der Waals surface area contributed by atoms with Gasteiger partial charge in [0.1, 0.15) is 13.2 Å². The van der Waals surface area contributed by atoms with Crippen molar-refractivity contribution in [2.24, 2.45) is 0 Å². The van der Waals surface area contributed by atoms with Crippen LogP contribution in [0.4, 0.5) is 0 Å². The zero-order chi connectivity index (χ0) is 55.7. The van der Waals surface area contributed by atoms with Crippen molar-refractivity contribution in [1.82, 2.24) is 0 Å². The second kappa shape index (κ2) is 65.4. The number of carbonyl (C=O) groups is 3. The van der Waals surface area contributed by atoms with Crippen LogP contribution in [0.5, 0.6) is 0 Å². The van der Waals surface area contributed by atoms with Gasteiger partial charge in [0.15, 0.2) is 6.10 Å². The van der Waals surface area contributed by atoms with E-state index in [4.69, 9.17) is 14.2 Å². The third kappa shape index (κ3) is 63.6. The zero-order valence-electron chi connectivity index (χ0n) is 51.2. The molecule has 0 heterocycles. The van der Waals surface area contributed by atoms with Gasteiger partial charge in [0.05, 0.1) is 0 Å². The second-order valence-electron chi connectivity index (χ2n) is 22.4. The highest BCUT2D eigenvalue weighted by Gasteiger charge is 2.19. The summed E-state index contributed by atoms with van der Waals surface area (Å²) in [5.41, 5.74) is 0. The molecule has 77 heavy (non-hydrogen) atoms. The van der Waals surface area contributed by atoms with E-state index in [9.17, 15) is 14.4 Å². The molecule has 0 saturated heterocycles. The Morgan fingerprint density at radius 1 is 0.260 bits per heavy atom. The topological polar surface area (TPSA) is 78.9 Å². The van der Waals surface area contributed by atoms with E-state index in [1.807, 2.05) is 0 Å². The zero-order valence-corrected chi connectivity index (χ0v) is 51.2. The first-order valence-electron chi connectivity index (χ1n) is 33.4. The molecule has 0 aromatic carbocycles. The van der Waals surface area contributed by atoms with Gasteiger partial charge in [-0.3, -0.25) is 14.4 Å². The van der Waals surface area contributed by atoms with Crippen LogP contribution in [0.1, 0.15) is 342 Å². The molecule has 0 rings (SSSR count). The molecular weight excluding hydrogens is 949 g/mol. The van der Waals surface area contributed by atoms with Crippen LogP contribution in [0.2, 0.25) is 0 Å². The van der Waals surface area contributed by atoms with Gasteiger partial charge in [0, 0.05) is 19.3 Å². The van der Waals surface area contributed by atoms with E-state index in [0.717, 1.165) is 109 Å². The maximum atomic E-state index is 12.9. The molecule has 0 aromatic rings. The maximum absolute atomic E-state index is 12.9. The maximum Gasteiger partial charge on any atom is 0.306 e. The second-order valence-corrected chi connectivity index (χ2v) is 22.4. The van der Waals surface area contributed by atoms with E-state index in [0.29, 0.717) is 19.3 Å². The fourth-order valence-electron chi connectivity index (χ4n) is 9.60. The highest BCUT2D eigenvalue weighted by atomic mass is 16.6. The summed E-state index contributed by atoms with van der Waals surface area (Å²) < 4.78 is 16.9. The number of esters is 3. The molecule has 1 unspecified atom stereocenters. The molecule has 0 saturated carbocycles. The molecule has 0 fully saturated rings. The Labute approximate surface area is 478 Å². The van der Waals surface area contributed by atoms with Crippen molar-refractivity contribution in [3.05, 3.63) is 72.9 Å². The average molecular weight is 1080 g/mol. The monoisotopic (exact) mass is 1070 g/mol. The Morgan fingerprint density at radius 3 is 0.805 bits per heavy atom. The summed E-state index contributed by atoms with van der Waals surface area (Å²) in [6, 6.07) is 0. The summed E-state index contributed by atoms with van der Waals surface area (Å²) in [6.45, 7) is 6.56. The summed E-state index contributed by atoms with van der Waals surface area (Å²) in [5.74, 6) is -0.893. The number of allylic oxidation sites excluding steroid dienone is 12. The number of hydrogen-bond acceptors (Lipinski definition) is 6. The quantitative estimate of drug-likeness (QED) is 0.0261. The van der Waals surface area contributed by atoms with Gasteiger partial charge in [-0.2, -0.15) is 0 Å². The first kappa shape index (κ1) is 73.8. The minimum atomic E-state index is -0.784. The molecule has 446 valence electrons. The summed E-state index contributed by atoms with van der Waals surface area (Å²) in [6.07, 6.45) is 85.1. The van der Waals surface area contributed by atoms with Crippen LogP contribution in [-0.2, 0) is 28.6 Å². The third-order valence-corrected chi connectivity index (χ3v) is 14.6. The number of rotatable bonds is 61. The molecule has 0 N–H and O–H groups in total. The molecular formula is C71H126O6. The third-order valence-electron chi connectivity index (χ3n) is 14.6. The Hall–Kier alpha value is -3.15. The lowest BCUT2D eigenvalue weighted by Gasteiger charge is -2.18. The van der Waals surface area contributed by atoms with Crippen LogP contribution in [0.15, 0.2) is 72.9 Å². The molecule has 0 radical (unpaired) electrons. The SMILES string of the molecule is CCC/C=C\CCCCCCCC(=O)OCC(COC(=O)CCCCCCCCCCCCCCCCCCCC/C=C\C/C=C\C/C=C\CCCCCCC)OC(=O)CCCCCCC/C=C\C/C=C\CCCCCC. The Balaban J connectivity index is 4.09. The molecule has 0 spiro atoms. The van der Waals surface area contributed by atoms with Crippen molar-refractivity contribution in [3.63, 3.8) is 0 Å². The first-order chi connectivity index (χ1) is 38.0. The number of hydrogen-bond donors (Lipinski definition) is 0. The number of ether oxygens (including phenoxy) is 3. The van der Waals surface area contributed by atoms with Crippen LogP contribution in [0.25, 0.3) is 0 Å². The van der Waals surface area contributed by atoms with E-state index in [2.05, 4.69) is 93.7 Å². The molecule has 6 heteroatoms. The Bertz CT molecular complexity index is 1420. The molecule has 0 aromatic heterocycles. The fraction of sp³-hybridized carbons (Fsp3) is 0.789. The smallest absolute Gasteiger partial charge is 0.306 e. The van der Waals surface area contributed by atoms with Crippen LogP contribution in [0.3, 0.4) is 0 Å². The molecule has 0 aliphatic rings. The van der Waals surface area contributed by atoms with Gasteiger partial charge in [0.25, 0.3) is 0 Å². The van der Waals surface area contributed by atoms with Gasteiger partial charge in [-0.05, 0) is 109 Å². The molecule has 0 bridgehead atoms. The predicted molar refractivity (Wildman–Crippen MR) is 335 cm³/mol. The van der Waals surface area contributed by atoms with E-state index in [-0.39, 0.29) is 31.1 Å². The van der Waals surface area contributed by atoms with E-state index < -0.39 is 6.10 Å². The number of unbranched alkanes of at least 4 members (excludes halogenated alkanes) is 38. The summed E-state index contributed by atoms with van der Waals surface area (Å²) in [4.78, 5) is 38.2. The van der Waals surface area contributed by atoms with E-state index >= 15 is 0 Å². The van der Waals surface area contributed by atoms with Crippen LogP contribution in [-0.4, -0.2) is 37.2 Å². The minimum Gasteiger partial charge on any atom is -0.462 e. The highest BCUT2D eigenvalue weighted by Crippen LogP contribution is 2.17.